The number of phenols is 1. The molecule has 144 valence electrons. The molecule has 0 radical (unpaired) electrons. The molecular weight excluding hydrogens is 324 g/mol. The van der Waals surface area contributed by atoms with Gasteiger partial charge in [-0.2, -0.15) is 0 Å². The van der Waals surface area contributed by atoms with Gasteiger partial charge in [-0.3, -0.25) is 0 Å². The lowest BCUT2D eigenvalue weighted by Gasteiger charge is -2.47. The Labute approximate surface area is 158 Å². The van der Waals surface area contributed by atoms with Crippen LogP contribution in [0.5, 0.6) is 11.5 Å². The summed E-state index contributed by atoms with van der Waals surface area (Å²) >= 11 is 0. The van der Waals surface area contributed by atoms with Crippen LogP contribution in [0, 0.1) is 0 Å². The summed E-state index contributed by atoms with van der Waals surface area (Å²) in [5, 5.41) is 10.8. The minimum atomic E-state index is -0.527. The summed E-state index contributed by atoms with van der Waals surface area (Å²) < 4.78 is 12.7. The van der Waals surface area contributed by atoms with Gasteiger partial charge in [-0.25, -0.2) is 0 Å². The largest absolute Gasteiger partial charge is 0.507 e. The molecule has 2 aliphatic rings. The van der Waals surface area contributed by atoms with Gasteiger partial charge in [0.25, 0.3) is 0 Å². The fraction of sp³-hybridized carbons (Fsp3) is 0.652. The summed E-state index contributed by atoms with van der Waals surface area (Å²) in [6.07, 6.45) is 8.22. The van der Waals surface area contributed by atoms with Crippen LogP contribution in [0.1, 0.15) is 89.7 Å². The Morgan fingerprint density at radius 2 is 2.04 bits per heavy atom. The Morgan fingerprint density at radius 3 is 2.73 bits per heavy atom. The van der Waals surface area contributed by atoms with Crippen molar-refractivity contribution in [3.63, 3.8) is 0 Å². The highest BCUT2D eigenvalue weighted by molar-refractivity contribution is 5.55. The minimum absolute atomic E-state index is 0.207. The van der Waals surface area contributed by atoms with Crippen LogP contribution in [0.4, 0.5) is 0 Å². The molecule has 3 rings (SSSR count). The first-order chi connectivity index (χ1) is 12.5. The number of rotatable bonds is 7. The Hall–Kier alpha value is -1.48. The van der Waals surface area contributed by atoms with E-state index < -0.39 is 5.79 Å². The van der Waals surface area contributed by atoms with Gasteiger partial charge in [0.1, 0.15) is 11.5 Å². The highest BCUT2D eigenvalue weighted by Gasteiger charge is 2.48. The van der Waals surface area contributed by atoms with Crippen molar-refractivity contribution in [1.29, 1.82) is 0 Å². The van der Waals surface area contributed by atoms with Crippen LogP contribution in [0.25, 0.3) is 0 Å². The van der Waals surface area contributed by atoms with E-state index in [1.54, 1.807) is 0 Å². The molecule has 0 aromatic heterocycles. The zero-order valence-electron chi connectivity index (χ0n) is 16.9. The summed E-state index contributed by atoms with van der Waals surface area (Å²) in [6.45, 7) is 9.42. The molecule has 0 spiro atoms. The van der Waals surface area contributed by atoms with E-state index >= 15 is 0 Å². The molecule has 1 N–H and O–H groups in total. The van der Waals surface area contributed by atoms with E-state index in [4.69, 9.17) is 9.47 Å². The number of fused-ring (bicyclic) bond motifs is 4. The maximum absolute atomic E-state index is 10.8. The third kappa shape index (κ3) is 3.78. The summed E-state index contributed by atoms with van der Waals surface area (Å²) in [5.41, 5.74) is 4.94. The average Bonchev–Trinajstić information content (AvgIpc) is 2.59. The topological polar surface area (TPSA) is 38.7 Å². The van der Waals surface area contributed by atoms with Crippen molar-refractivity contribution >= 4 is 0 Å². The van der Waals surface area contributed by atoms with Gasteiger partial charge < -0.3 is 14.6 Å². The fourth-order valence-electron chi connectivity index (χ4n) is 4.48. The highest BCUT2D eigenvalue weighted by atomic mass is 16.7. The summed E-state index contributed by atoms with van der Waals surface area (Å²) in [5.74, 6) is 0.909. The van der Waals surface area contributed by atoms with Gasteiger partial charge in [-0.15, -0.1) is 0 Å². The van der Waals surface area contributed by atoms with Crippen molar-refractivity contribution in [3.05, 3.63) is 34.4 Å². The maximum atomic E-state index is 10.8. The number of benzene rings is 1. The number of aromatic hydroxyl groups is 1. The van der Waals surface area contributed by atoms with Gasteiger partial charge in [-0.1, -0.05) is 37.8 Å². The number of ether oxygens (including phenoxy) is 2. The molecule has 0 saturated heterocycles. The van der Waals surface area contributed by atoms with Gasteiger partial charge in [0.05, 0.1) is 6.61 Å². The zero-order valence-corrected chi connectivity index (χ0v) is 16.9. The van der Waals surface area contributed by atoms with E-state index in [0.717, 1.165) is 49.8 Å². The van der Waals surface area contributed by atoms with Crippen LogP contribution in [0.2, 0.25) is 0 Å². The van der Waals surface area contributed by atoms with E-state index in [0.29, 0.717) is 12.4 Å². The lowest BCUT2D eigenvalue weighted by Crippen LogP contribution is -2.47. The molecule has 1 saturated carbocycles. The van der Waals surface area contributed by atoms with Crippen LogP contribution in [-0.2, 0) is 11.2 Å². The predicted molar refractivity (Wildman–Crippen MR) is 106 cm³/mol. The third-order valence-electron chi connectivity index (χ3n) is 5.82. The molecule has 3 heteroatoms. The molecule has 1 aliphatic heterocycles. The lowest BCUT2D eigenvalue weighted by atomic mass is 9.72. The SMILES string of the molecule is CCCCCc1cc(O)c2c(c1)OC1(OCCC)CCC(=C(C)C)C2C1. The second kappa shape index (κ2) is 8.04. The molecular formula is C23H34O3. The van der Waals surface area contributed by atoms with Crippen LogP contribution in [0.15, 0.2) is 23.3 Å². The molecule has 0 amide bonds. The molecule has 1 aromatic carbocycles. The Morgan fingerprint density at radius 1 is 1.23 bits per heavy atom. The van der Waals surface area contributed by atoms with Crippen molar-refractivity contribution in [2.45, 2.75) is 90.8 Å². The van der Waals surface area contributed by atoms with E-state index in [9.17, 15) is 5.11 Å². The molecule has 26 heavy (non-hydrogen) atoms. The van der Waals surface area contributed by atoms with Crippen LogP contribution in [0.3, 0.4) is 0 Å². The van der Waals surface area contributed by atoms with Crippen LogP contribution >= 0.6 is 0 Å². The number of unbranched alkanes of at least 4 members (excludes halogenated alkanes) is 2. The monoisotopic (exact) mass is 358 g/mol. The van der Waals surface area contributed by atoms with Gasteiger partial charge in [0, 0.05) is 24.3 Å². The summed E-state index contributed by atoms with van der Waals surface area (Å²) in [4.78, 5) is 0. The Kier molecular flexibility index (Phi) is 5.96. The van der Waals surface area contributed by atoms with Gasteiger partial charge in [0.2, 0.25) is 5.79 Å². The van der Waals surface area contributed by atoms with Crippen molar-refractivity contribution in [2.75, 3.05) is 6.61 Å². The Bertz CT molecular complexity index is 672. The van der Waals surface area contributed by atoms with E-state index in [1.165, 1.54) is 29.6 Å². The summed E-state index contributed by atoms with van der Waals surface area (Å²) in [6, 6.07) is 4.10. The number of aryl methyl sites for hydroxylation is 1. The maximum Gasteiger partial charge on any atom is 0.211 e. The molecule has 2 bridgehead atoms. The third-order valence-corrected chi connectivity index (χ3v) is 5.82. The number of hydrogen-bond donors (Lipinski definition) is 1. The smallest absolute Gasteiger partial charge is 0.211 e. The molecule has 3 nitrogen and oxygen atoms in total. The van der Waals surface area contributed by atoms with Gasteiger partial charge in [0.15, 0.2) is 0 Å². The van der Waals surface area contributed by atoms with E-state index in [2.05, 4.69) is 33.8 Å². The normalized spacial score (nSPS) is 24.2. The van der Waals surface area contributed by atoms with Gasteiger partial charge >= 0.3 is 0 Å². The van der Waals surface area contributed by atoms with Crippen LogP contribution < -0.4 is 4.74 Å². The molecule has 1 aliphatic carbocycles. The van der Waals surface area contributed by atoms with Gasteiger partial charge in [-0.05, 0) is 57.2 Å². The predicted octanol–water partition coefficient (Wildman–Crippen LogP) is 6.24. The first kappa shape index (κ1) is 19.3. The quantitative estimate of drug-likeness (QED) is 0.463. The molecule has 1 heterocycles. The Balaban J connectivity index is 1.98. The molecule has 2 unspecified atom stereocenters. The molecule has 2 atom stereocenters. The average molecular weight is 359 g/mol. The summed E-state index contributed by atoms with van der Waals surface area (Å²) in [7, 11) is 0. The first-order valence-electron chi connectivity index (χ1n) is 10.3. The number of hydrogen-bond acceptors (Lipinski definition) is 3. The van der Waals surface area contributed by atoms with Crippen molar-refractivity contribution in [1.82, 2.24) is 0 Å². The second-order valence-electron chi connectivity index (χ2n) is 8.13. The highest BCUT2D eigenvalue weighted by Crippen LogP contribution is 2.55. The van der Waals surface area contributed by atoms with Crippen molar-refractivity contribution in [3.8, 4) is 11.5 Å². The first-order valence-corrected chi connectivity index (χ1v) is 10.3. The van der Waals surface area contributed by atoms with Crippen molar-refractivity contribution in [2.24, 2.45) is 0 Å². The van der Waals surface area contributed by atoms with E-state index in [-0.39, 0.29) is 5.92 Å². The second-order valence-corrected chi connectivity index (χ2v) is 8.13. The minimum Gasteiger partial charge on any atom is -0.507 e. The molecule has 1 fully saturated rings. The zero-order chi connectivity index (χ0) is 18.7. The number of allylic oxidation sites excluding steroid dienone is 2. The van der Waals surface area contributed by atoms with Crippen LogP contribution in [-0.4, -0.2) is 17.5 Å². The van der Waals surface area contributed by atoms with E-state index in [1.807, 2.05) is 6.07 Å². The molecule has 1 aromatic rings. The fourth-order valence-corrected chi connectivity index (χ4v) is 4.48. The van der Waals surface area contributed by atoms with Crippen molar-refractivity contribution < 1.29 is 14.6 Å². The standard InChI is InChI=1S/C23H34O3/c1-5-7-8-9-17-13-20(24)22-19-15-23(25-12-6-2,26-21(22)14-17)11-10-18(19)16(3)4/h13-14,19,24H,5-12,15H2,1-4H3. The lowest BCUT2D eigenvalue weighted by molar-refractivity contribution is -0.206. The number of phenolic OH excluding ortho intramolecular Hbond substituents is 1.